The molecular weight excluding hydrogens is 302 g/mol. The van der Waals surface area contributed by atoms with Crippen molar-refractivity contribution < 1.29 is 9.26 Å². The molecule has 0 saturated carbocycles. The molecule has 1 aromatic heterocycles. The fourth-order valence-corrected chi connectivity index (χ4v) is 3.18. The van der Waals surface area contributed by atoms with Gasteiger partial charge < -0.3 is 14.6 Å². The van der Waals surface area contributed by atoms with Gasteiger partial charge >= 0.3 is 0 Å². The van der Waals surface area contributed by atoms with Crippen molar-refractivity contribution in [3.05, 3.63) is 29.2 Å². The van der Waals surface area contributed by atoms with E-state index in [-0.39, 0.29) is 6.04 Å². The fraction of sp³-hybridized carbons (Fsp3) is 0.579. The first-order valence-electron chi connectivity index (χ1n) is 9.00. The lowest BCUT2D eigenvalue weighted by atomic mass is 10.0. The first-order valence-corrected chi connectivity index (χ1v) is 9.00. The van der Waals surface area contributed by atoms with Gasteiger partial charge in [0.15, 0.2) is 0 Å². The van der Waals surface area contributed by atoms with Gasteiger partial charge in [-0.2, -0.15) is 4.98 Å². The van der Waals surface area contributed by atoms with Crippen LogP contribution in [0.3, 0.4) is 0 Å². The summed E-state index contributed by atoms with van der Waals surface area (Å²) in [6, 6.07) is 4.35. The zero-order valence-electron chi connectivity index (χ0n) is 14.9. The van der Waals surface area contributed by atoms with Crippen LogP contribution in [-0.2, 0) is 0 Å². The van der Waals surface area contributed by atoms with E-state index >= 15 is 0 Å². The van der Waals surface area contributed by atoms with Crippen LogP contribution in [0.15, 0.2) is 16.7 Å². The number of nitrogens with zero attached hydrogens (tertiary/aromatic N) is 2. The Balaban J connectivity index is 1.78. The second kappa shape index (κ2) is 7.79. The summed E-state index contributed by atoms with van der Waals surface area (Å²) in [5.41, 5.74) is 3.21. The molecule has 1 fully saturated rings. The topological polar surface area (TPSA) is 60.2 Å². The van der Waals surface area contributed by atoms with Gasteiger partial charge in [0, 0.05) is 5.56 Å². The second-order valence-corrected chi connectivity index (χ2v) is 6.60. The monoisotopic (exact) mass is 329 g/mol. The number of rotatable bonds is 6. The summed E-state index contributed by atoms with van der Waals surface area (Å²) in [6.45, 7) is 8.09. The molecule has 130 valence electrons. The van der Waals surface area contributed by atoms with Gasteiger partial charge in [-0.15, -0.1) is 0 Å². The average Bonchev–Trinajstić information content (AvgIpc) is 3.08. The van der Waals surface area contributed by atoms with Gasteiger partial charge in [-0.05, 0) is 62.9 Å². The van der Waals surface area contributed by atoms with E-state index in [9.17, 15) is 0 Å². The highest BCUT2D eigenvalue weighted by Crippen LogP contribution is 2.30. The normalized spacial score (nSPS) is 17.9. The van der Waals surface area contributed by atoms with Crippen molar-refractivity contribution in [3.63, 3.8) is 0 Å². The van der Waals surface area contributed by atoms with Gasteiger partial charge in [-0.25, -0.2) is 0 Å². The number of nitrogens with one attached hydrogen (secondary N) is 1. The van der Waals surface area contributed by atoms with E-state index in [0.717, 1.165) is 54.9 Å². The predicted molar refractivity (Wildman–Crippen MR) is 94.2 cm³/mol. The Kier molecular flexibility index (Phi) is 5.51. The Morgan fingerprint density at radius 3 is 2.71 bits per heavy atom. The summed E-state index contributed by atoms with van der Waals surface area (Å²) in [6.07, 6.45) is 5.69. The summed E-state index contributed by atoms with van der Waals surface area (Å²) in [4.78, 5) is 4.61. The average molecular weight is 329 g/mol. The maximum atomic E-state index is 5.92. The molecule has 0 radical (unpaired) electrons. The lowest BCUT2D eigenvalue weighted by Gasteiger charge is -2.19. The molecule has 0 unspecified atom stereocenters. The Morgan fingerprint density at radius 1 is 1.25 bits per heavy atom. The summed E-state index contributed by atoms with van der Waals surface area (Å²) < 4.78 is 11.4. The molecule has 1 aliphatic heterocycles. The van der Waals surface area contributed by atoms with Crippen molar-refractivity contribution in [2.75, 3.05) is 13.2 Å². The van der Waals surface area contributed by atoms with E-state index < -0.39 is 0 Å². The lowest BCUT2D eigenvalue weighted by Crippen LogP contribution is -2.26. The van der Waals surface area contributed by atoms with Crippen LogP contribution >= 0.6 is 0 Å². The molecule has 1 aliphatic rings. The minimum atomic E-state index is 0.193. The molecule has 1 aromatic carbocycles. The molecular formula is C19H27N3O2. The Hall–Kier alpha value is -1.88. The van der Waals surface area contributed by atoms with Crippen LogP contribution in [0.25, 0.3) is 11.4 Å². The summed E-state index contributed by atoms with van der Waals surface area (Å²) >= 11 is 0. The number of benzene rings is 1. The van der Waals surface area contributed by atoms with Crippen LogP contribution in [0, 0.1) is 13.8 Å². The largest absolute Gasteiger partial charge is 0.493 e. The van der Waals surface area contributed by atoms with Crippen molar-refractivity contribution in [1.29, 1.82) is 0 Å². The standard InChI is InChI=1S/C19H27N3O2/c1-4-5-10-23-17-13(2)11-15(12-14(17)3)18-21-19(24-22-18)16-8-6-7-9-20-16/h11-12,16,20H,4-10H2,1-3H3/t16-/m0/s1. The van der Waals surface area contributed by atoms with Gasteiger partial charge in [-0.1, -0.05) is 24.9 Å². The summed E-state index contributed by atoms with van der Waals surface area (Å²) in [5.74, 6) is 2.33. The molecule has 1 saturated heterocycles. The molecule has 24 heavy (non-hydrogen) atoms. The molecule has 2 heterocycles. The molecule has 2 aromatic rings. The lowest BCUT2D eigenvalue weighted by molar-refractivity contribution is 0.297. The number of piperidine rings is 1. The molecule has 0 spiro atoms. The minimum Gasteiger partial charge on any atom is -0.493 e. The Labute approximate surface area is 143 Å². The van der Waals surface area contributed by atoms with E-state index in [2.05, 4.69) is 48.4 Å². The van der Waals surface area contributed by atoms with Gasteiger partial charge in [0.05, 0.1) is 12.6 Å². The van der Waals surface area contributed by atoms with Gasteiger partial charge in [-0.3, -0.25) is 0 Å². The molecule has 0 amide bonds. The second-order valence-electron chi connectivity index (χ2n) is 6.60. The first kappa shape index (κ1) is 17.0. The minimum absolute atomic E-state index is 0.193. The van der Waals surface area contributed by atoms with Gasteiger partial charge in [0.2, 0.25) is 11.7 Å². The maximum Gasteiger partial charge on any atom is 0.244 e. The SMILES string of the molecule is CCCCOc1c(C)cc(-c2noc([C@@H]3CCCCN3)n2)cc1C. The Bertz CT molecular complexity index is 652. The quantitative estimate of drug-likeness (QED) is 0.799. The van der Waals surface area contributed by atoms with Gasteiger partial charge in [0.25, 0.3) is 0 Å². The zero-order chi connectivity index (χ0) is 16.9. The maximum absolute atomic E-state index is 5.92. The summed E-state index contributed by atoms with van der Waals surface area (Å²) in [7, 11) is 0. The third-order valence-electron chi connectivity index (χ3n) is 4.51. The number of aryl methyl sites for hydroxylation is 2. The number of hydrogen-bond donors (Lipinski definition) is 1. The third-order valence-corrected chi connectivity index (χ3v) is 4.51. The van der Waals surface area contributed by atoms with E-state index in [0.29, 0.717) is 11.7 Å². The van der Waals surface area contributed by atoms with Crippen LogP contribution in [-0.4, -0.2) is 23.3 Å². The highest BCUT2D eigenvalue weighted by molar-refractivity contribution is 5.61. The van der Waals surface area contributed by atoms with E-state index in [4.69, 9.17) is 9.26 Å². The highest BCUT2D eigenvalue weighted by Gasteiger charge is 2.21. The molecule has 1 N–H and O–H groups in total. The molecule has 0 aliphatic carbocycles. The smallest absolute Gasteiger partial charge is 0.244 e. The molecule has 5 nitrogen and oxygen atoms in total. The van der Waals surface area contributed by atoms with Crippen molar-refractivity contribution in [2.24, 2.45) is 0 Å². The van der Waals surface area contributed by atoms with E-state index in [1.165, 1.54) is 12.8 Å². The first-order chi connectivity index (χ1) is 11.7. The third kappa shape index (κ3) is 3.78. The van der Waals surface area contributed by atoms with Gasteiger partial charge in [0.1, 0.15) is 5.75 Å². The van der Waals surface area contributed by atoms with Crippen LogP contribution in [0.4, 0.5) is 0 Å². The van der Waals surface area contributed by atoms with Crippen LogP contribution in [0.2, 0.25) is 0 Å². The molecule has 0 bridgehead atoms. The van der Waals surface area contributed by atoms with E-state index in [1.807, 2.05) is 0 Å². The fourth-order valence-electron chi connectivity index (χ4n) is 3.18. The molecule has 1 atom stereocenters. The summed E-state index contributed by atoms with van der Waals surface area (Å²) in [5, 5.41) is 7.63. The van der Waals surface area contributed by atoms with Crippen molar-refractivity contribution in [2.45, 2.75) is 58.9 Å². The molecule has 5 heteroatoms. The predicted octanol–water partition coefficient (Wildman–Crippen LogP) is 4.35. The number of ether oxygens (including phenoxy) is 1. The van der Waals surface area contributed by atoms with E-state index in [1.54, 1.807) is 0 Å². The van der Waals surface area contributed by atoms with Crippen LogP contribution < -0.4 is 10.1 Å². The Morgan fingerprint density at radius 2 is 2.04 bits per heavy atom. The van der Waals surface area contributed by atoms with Crippen LogP contribution in [0.1, 0.15) is 62.1 Å². The number of aromatic nitrogens is 2. The highest BCUT2D eigenvalue weighted by atomic mass is 16.5. The number of unbranched alkanes of at least 4 members (excludes halogenated alkanes) is 1. The van der Waals surface area contributed by atoms with Crippen LogP contribution in [0.5, 0.6) is 5.75 Å². The van der Waals surface area contributed by atoms with Crippen molar-refractivity contribution >= 4 is 0 Å². The number of hydrogen-bond acceptors (Lipinski definition) is 5. The zero-order valence-corrected chi connectivity index (χ0v) is 14.9. The molecule has 3 rings (SSSR count). The van der Waals surface area contributed by atoms with Crippen molar-refractivity contribution in [1.82, 2.24) is 15.5 Å². The van der Waals surface area contributed by atoms with Crippen molar-refractivity contribution in [3.8, 4) is 17.1 Å².